The Labute approximate surface area is 155 Å². The fourth-order valence-electron chi connectivity index (χ4n) is 2.74. The molecule has 1 saturated heterocycles. The SMILES string of the molecule is CC(=O)N1CC[NH+](CC(=O)NCC(=O)Nc2ccc(Br)cc2C)CC1. The van der Waals surface area contributed by atoms with Crippen LogP contribution in [0.15, 0.2) is 22.7 Å². The predicted octanol–water partition coefficient (Wildman–Crippen LogP) is -0.441. The first-order valence-corrected chi connectivity index (χ1v) is 9.06. The number of piperazine rings is 1. The number of hydrogen-bond acceptors (Lipinski definition) is 3. The van der Waals surface area contributed by atoms with E-state index >= 15 is 0 Å². The Kier molecular flexibility index (Phi) is 6.95. The number of anilines is 1. The van der Waals surface area contributed by atoms with Gasteiger partial charge in [0.2, 0.25) is 11.8 Å². The van der Waals surface area contributed by atoms with E-state index in [0.717, 1.165) is 33.7 Å². The highest BCUT2D eigenvalue weighted by molar-refractivity contribution is 9.10. The van der Waals surface area contributed by atoms with Gasteiger partial charge in [0.05, 0.1) is 32.7 Å². The fraction of sp³-hybridized carbons (Fsp3) is 0.471. The van der Waals surface area contributed by atoms with Crippen LogP contribution in [0.25, 0.3) is 0 Å². The van der Waals surface area contributed by atoms with Gasteiger partial charge >= 0.3 is 0 Å². The monoisotopic (exact) mass is 411 g/mol. The minimum Gasteiger partial charge on any atom is -0.342 e. The summed E-state index contributed by atoms with van der Waals surface area (Å²) in [6.07, 6.45) is 0. The number of nitrogens with zero attached hydrogens (tertiary/aromatic N) is 1. The van der Waals surface area contributed by atoms with Crippen molar-refractivity contribution in [3.63, 3.8) is 0 Å². The highest BCUT2D eigenvalue weighted by atomic mass is 79.9. The van der Waals surface area contributed by atoms with Crippen LogP contribution in [0.1, 0.15) is 12.5 Å². The van der Waals surface area contributed by atoms with E-state index in [1.807, 2.05) is 25.1 Å². The van der Waals surface area contributed by atoms with E-state index in [2.05, 4.69) is 26.6 Å². The van der Waals surface area contributed by atoms with Crippen LogP contribution in [0.5, 0.6) is 0 Å². The summed E-state index contributed by atoms with van der Waals surface area (Å²) in [4.78, 5) is 38.2. The third kappa shape index (κ3) is 6.13. The van der Waals surface area contributed by atoms with Gasteiger partial charge in [-0.1, -0.05) is 15.9 Å². The number of nitrogens with one attached hydrogen (secondary N) is 3. The van der Waals surface area contributed by atoms with Gasteiger partial charge in [-0.2, -0.15) is 0 Å². The average molecular weight is 412 g/mol. The zero-order chi connectivity index (χ0) is 18.4. The van der Waals surface area contributed by atoms with E-state index in [4.69, 9.17) is 0 Å². The molecule has 0 bridgehead atoms. The van der Waals surface area contributed by atoms with E-state index in [1.54, 1.807) is 11.8 Å². The third-order valence-corrected chi connectivity index (χ3v) is 4.73. The Morgan fingerprint density at radius 2 is 1.88 bits per heavy atom. The lowest BCUT2D eigenvalue weighted by Crippen LogP contribution is -3.15. The molecule has 0 aliphatic carbocycles. The van der Waals surface area contributed by atoms with Gasteiger partial charge in [0.25, 0.3) is 5.91 Å². The molecule has 0 unspecified atom stereocenters. The molecule has 7 nitrogen and oxygen atoms in total. The van der Waals surface area contributed by atoms with Crippen LogP contribution in [-0.2, 0) is 14.4 Å². The first kappa shape index (κ1) is 19.4. The van der Waals surface area contributed by atoms with Crippen molar-refractivity contribution in [3.05, 3.63) is 28.2 Å². The molecule has 0 aromatic heterocycles. The molecule has 0 radical (unpaired) electrons. The second-order valence-corrected chi connectivity index (χ2v) is 7.13. The standard InChI is InChI=1S/C17H23BrN4O3/c1-12-9-14(18)3-4-15(12)20-16(24)10-19-17(25)11-21-5-7-22(8-6-21)13(2)23/h3-4,9H,5-8,10-11H2,1-2H3,(H,19,25)(H,20,24)/p+1. The molecule has 0 saturated carbocycles. The van der Waals surface area contributed by atoms with Gasteiger partial charge in [0, 0.05) is 17.1 Å². The quantitative estimate of drug-likeness (QED) is 0.614. The molecule has 25 heavy (non-hydrogen) atoms. The number of carbonyl (C=O) groups is 3. The van der Waals surface area contributed by atoms with Crippen LogP contribution in [0.4, 0.5) is 5.69 Å². The normalized spacial score (nSPS) is 14.9. The number of carbonyl (C=O) groups excluding carboxylic acids is 3. The van der Waals surface area contributed by atoms with E-state index in [1.165, 1.54) is 0 Å². The van der Waals surface area contributed by atoms with Crippen molar-refractivity contribution >= 4 is 39.3 Å². The number of benzene rings is 1. The topological polar surface area (TPSA) is 83.0 Å². The minimum absolute atomic E-state index is 0.0544. The molecule has 8 heteroatoms. The van der Waals surface area contributed by atoms with Gasteiger partial charge in [0.15, 0.2) is 6.54 Å². The van der Waals surface area contributed by atoms with E-state index < -0.39 is 0 Å². The summed E-state index contributed by atoms with van der Waals surface area (Å²) in [6, 6.07) is 5.58. The third-order valence-electron chi connectivity index (χ3n) is 4.24. The zero-order valence-corrected chi connectivity index (χ0v) is 16.1. The van der Waals surface area contributed by atoms with E-state index in [9.17, 15) is 14.4 Å². The number of quaternary nitrogens is 1. The second kappa shape index (κ2) is 8.96. The Bertz CT molecular complexity index is 657. The van der Waals surface area contributed by atoms with Gasteiger partial charge in [-0.05, 0) is 30.7 Å². The molecule has 1 heterocycles. The molecule has 0 spiro atoms. The van der Waals surface area contributed by atoms with Gasteiger partial charge in [0.1, 0.15) is 0 Å². The minimum atomic E-state index is -0.254. The molecule has 136 valence electrons. The Hall–Kier alpha value is -1.93. The van der Waals surface area contributed by atoms with Gasteiger partial charge < -0.3 is 20.4 Å². The van der Waals surface area contributed by atoms with Crippen LogP contribution >= 0.6 is 15.9 Å². The average Bonchev–Trinajstić information content (AvgIpc) is 2.56. The molecule has 3 N–H and O–H groups in total. The fourth-order valence-corrected chi connectivity index (χ4v) is 3.22. The highest BCUT2D eigenvalue weighted by Crippen LogP contribution is 2.19. The van der Waals surface area contributed by atoms with Crippen molar-refractivity contribution in [2.45, 2.75) is 13.8 Å². The first-order chi connectivity index (χ1) is 11.8. The number of halogens is 1. The molecular formula is C17H24BrN4O3+. The Morgan fingerprint density at radius 3 is 2.48 bits per heavy atom. The molecule has 1 aromatic rings. The van der Waals surface area contributed by atoms with Crippen LogP contribution in [-0.4, -0.2) is 61.9 Å². The zero-order valence-electron chi connectivity index (χ0n) is 14.5. The van der Waals surface area contributed by atoms with Crippen molar-refractivity contribution in [2.75, 3.05) is 44.6 Å². The second-order valence-electron chi connectivity index (χ2n) is 6.22. The lowest BCUT2D eigenvalue weighted by molar-refractivity contribution is -0.896. The van der Waals surface area contributed by atoms with Crippen LogP contribution in [0.3, 0.4) is 0 Å². The Balaban J connectivity index is 1.71. The molecule has 1 aliphatic rings. The van der Waals surface area contributed by atoms with Crippen molar-refractivity contribution in [3.8, 4) is 0 Å². The summed E-state index contributed by atoms with van der Waals surface area (Å²) < 4.78 is 0.948. The number of rotatable bonds is 5. The lowest BCUT2D eigenvalue weighted by Gasteiger charge is -2.31. The molecule has 1 fully saturated rings. The smallest absolute Gasteiger partial charge is 0.275 e. The van der Waals surface area contributed by atoms with E-state index in [0.29, 0.717) is 19.6 Å². The number of amides is 3. The summed E-state index contributed by atoms with van der Waals surface area (Å²) in [5.74, 6) is -0.340. The molecule has 3 amide bonds. The van der Waals surface area contributed by atoms with Gasteiger partial charge in [-0.25, -0.2) is 0 Å². The molecule has 1 aromatic carbocycles. The maximum Gasteiger partial charge on any atom is 0.275 e. The van der Waals surface area contributed by atoms with Crippen LogP contribution in [0.2, 0.25) is 0 Å². The van der Waals surface area contributed by atoms with Crippen molar-refractivity contribution in [1.82, 2.24) is 10.2 Å². The Morgan fingerprint density at radius 1 is 1.20 bits per heavy atom. The molecule has 0 atom stereocenters. The molecule has 2 rings (SSSR count). The maximum absolute atomic E-state index is 12.0. The van der Waals surface area contributed by atoms with Crippen molar-refractivity contribution in [2.24, 2.45) is 0 Å². The predicted molar refractivity (Wildman–Crippen MR) is 98.3 cm³/mol. The van der Waals surface area contributed by atoms with Gasteiger partial charge in [-0.15, -0.1) is 0 Å². The summed E-state index contributed by atoms with van der Waals surface area (Å²) in [6.45, 7) is 6.56. The lowest BCUT2D eigenvalue weighted by atomic mass is 10.2. The molecule has 1 aliphatic heterocycles. The van der Waals surface area contributed by atoms with Crippen LogP contribution < -0.4 is 15.5 Å². The largest absolute Gasteiger partial charge is 0.342 e. The van der Waals surface area contributed by atoms with Crippen LogP contribution in [0, 0.1) is 6.92 Å². The number of hydrogen-bond donors (Lipinski definition) is 3. The van der Waals surface area contributed by atoms with Crippen molar-refractivity contribution in [1.29, 1.82) is 0 Å². The van der Waals surface area contributed by atoms with Gasteiger partial charge in [-0.3, -0.25) is 14.4 Å². The highest BCUT2D eigenvalue weighted by Gasteiger charge is 2.23. The first-order valence-electron chi connectivity index (χ1n) is 8.27. The number of aryl methyl sites for hydroxylation is 1. The molecular weight excluding hydrogens is 388 g/mol. The van der Waals surface area contributed by atoms with Crippen molar-refractivity contribution < 1.29 is 19.3 Å². The summed E-state index contributed by atoms with van der Waals surface area (Å²) in [5, 5.41) is 5.44. The summed E-state index contributed by atoms with van der Waals surface area (Å²) >= 11 is 3.38. The van der Waals surface area contributed by atoms with E-state index in [-0.39, 0.29) is 24.3 Å². The summed E-state index contributed by atoms with van der Waals surface area (Å²) in [5.41, 5.74) is 1.68. The summed E-state index contributed by atoms with van der Waals surface area (Å²) in [7, 11) is 0. The maximum atomic E-state index is 12.0.